The molecule has 2 aliphatic heterocycles. The van der Waals surface area contributed by atoms with Crippen LogP contribution in [0.4, 0.5) is 0 Å². The van der Waals surface area contributed by atoms with Crippen LogP contribution in [0.25, 0.3) is 0 Å². The van der Waals surface area contributed by atoms with Gasteiger partial charge < -0.3 is 24.8 Å². The molecule has 4 amide bonds. The van der Waals surface area contributed by atoms with Gasteiger partial charge in [0.2, 0.25) is 0 Å². The third kappa shape index (κ3) is 5.69. The first-order valence-corrected chi connectivity index (χ1v) is 12.3. The quantitative estimate of drug-likeness (QED) is 0.657. The molecule has 0 spiro atoms. The lowest BCUT2D eigenvalue weighted by Crippen LogP contribution is -2.54. The Hall–Kier alpha value is -3.10. The van der Waals surface area contributed by atoms with Crippen molar-refractivity contribution in [2.45, 2.75) is 64.1 Å². The van der Waals surface area contributed by atoms with E-state index in [9.17, 15) is 19.2 Å². The Kier molecular flexibility index (Phi) is 7.38. The second kappa shape index (κ2) is 10.4. The molecule has 1 aromatic rings. The molecule has 0 aromatic heterocycles. The van der Waals surface area contributed by atoms with Gasteiger partial charge in [-0.3, -0.25) is 19.2 Å². The molecule has 2 unspecified atom stereocenters. The molecule has 1 aromatic carbocycles. The smallest absolute Gasteiger partial charge is 0.312 e. The third-order valence-corrected chi connectivity index (χ3v) is 6.91. The summed E-state index contributed by atoms with van der Waals surface area (Å²) >= 11 is 0. The van der Waals surface area contributed by atoms with Gasteiger partial charge in [-0.05, 0) is 70.2 Å². The van der Waals surface area contributed by atoms with E-state index in [1.807, 2.05) is 4.90 Å². The van der Waals surface area contributed by atoms with Crippen LogP contribution in [0.1, 0.15) is 56.3 Å². The molecule has 0 bridgehead atoms. The number of hydrogen-bond acceptors (Lipinski definition) is 5. The highest BCUT2D eigenvalue weighted by molar-refractivity contribution is 6.35. The van der Waals surface area contributed by atoms with Crippen molar-refractivity contribution in [2.24, 2.45) is 0 Å². The Morgan fingerprint density at radius 2 is 1.47 bits per heavy atom. The molecular weight excluding hydrogens is 436 g/mol. The lowest BCUT2D eigenvalue weighted by atomic mass is 9.97. The van der Waals surface area contributed by atoms with E-state index in [1.54, 1.807) is 29.2 Å². The Morgan fingerprint density at radius 3 is 2.06 bits per heavy atom. The number of carbonyl (C=O) groups is 4. The molecule has 2 heterocycles. The summed E-state index contributed by atoms with van der Waals surface area (Å²) < 4.78 is 5.69. The summed E-state index contributed by atoms with van der Waals surface area (Å²) in [7, 11) is 0. The van der Waals surface area contributed by atoms with Crippen LogP contribution in [-0.4, -0.2) is 89.2 Å². The van der Waals surface area contributed by atoms with Crippen LogP contribution in [0.3, 0.4) is 0 Å². The van der Waals surface area contributed by atoms with Crippen LogP contribution in [0.2, 0.25) is 0 Å². The minimum absolute atomic E-state index is 0.0157. The SMILES string of the molecule is CC1CCCC(C)N1C(=O)COc1ccc(C(=O)N2CCN(C(=O)C(=O)NC3CC3)CC2)cc1. The van der Waals surface area contributed by atoms with Gasteiger partial charge in [0, 0.05) is 49.9 Å². The van der Waals surface area contributed by atoms with Gasteiger partial charge in [0.25, 0.3) is 11.8 Å². The average Bonchev–Trinajstić information content (AvgIpc) is 3.66. The van der Waals surface area contributed by atoms with Gasteiger partial charge in [0.15, 0.2) is 6.61 Å². The van der Waals surface area contributed by atoms with E-state index in [2.05, 4.69) is 19.2 Å². The average molecular weight is 471 g/mol. The number of piperidine rings is 1. The lowest BCUT2D eigenvalue weighted by molar-refractivity contribution is -0.146. The van der Waals surface area contributed by atoms with Crippen molar-refractivity contribution >= 4 is 23.6 Å². The first-order chi connectivity index (χ1) is 16.3. The van der Waals surface area contributed by atoms with Crippen molar-refractivity contribution in [3.8, 4) is 5.75 Å². The summed E-state index contributed by atoms with van der Waals surface area (Å²) in [4.78, 5) is 54.8. The summed E-state index contributed by atoms with van der Waals surface area (Å²) in [5.74, 6) is -0.686. The van der Waals surface area contributed by atoms with Crippen molar-refractivity contribution in [2.75, 3.05) is 32.8 Å². The number of likely N-dealkylation sites (tertiary alicyclic amines) is 1. The zero-order chi connectivity index (χ0) is 24.2. The van der Waals surface area contributed by atoms with Gasteiger partial charge in [-0.2, -0.15) is 0 Å². The number of piperazine rings is 1. The fourth-order valence-corrected chi connectivity index (χ4v) is 4.74. The maximum absolute atomic E-state index is 12.9. The van der Waals surface area contributed by atoms with E-state index < -0.39 is 11.8 Å². The highest BCUT2D eigenvalue weighted by atomic mass is 16.5. The van der Waals surface area contributed by atoms with E-state index in [1.165, 1.54) is 4.90 Å². The molecular formula is C25H34N4O5. The fourth-order valence-electron chi connectivity index (χ4n) is 4.74. The number of carbonyl (C=O) groups excluding carboxylic acids is 4. The van der Waals surface area contributed by atoms with Crippen molar-refractivity contribution in [1.29, 1.82) is 0 Å². The van der Waals surface area contributed by atoms with Gasteiger partial charge >= 0.3 is 11.8 Å². The molecule has 1 saturated carbocycles. The van der Waals surface area contributed by atoms with Gasteiger partial charge in [0.1, 0.15) is 5.75 Å². The second-order valence-electron chi connectivity index (χ2n) is 9.58. The molecule has 9 heteroatoms. The molecule has 3 aliphatic rings. The normalized spacial score (nSPS) is 22.8. The topological polar surface area (TPSA) is 99.3 Å². The summed E-state index contributed by atoms with van der Waals surface area (Å²) in [5.41, 5.74) is 0.517. The molecule has 184 valence electrons. The van der Waals surface area contributed by atoms with Crippen LogP contribution >= 0.6 is 0 Å². The van der Waals surface area contributed by atoms with Crippen LogP contribution in [0, 0.1) is 0 Å². The summed E-state index contributed by atoms with van der Waals surface area (Å²) in [6, 6.07) is 7.37. The standard InChI is InChI=1S/C25H34N4O5/c1-17-4-3-5-18(2)29(17)22(30)16-34-21-10-6-19(7-11-21)24(32)27-12-14-28(15-13-27)25(33)23(31)26-20-8-9-20/h6-7,10-11,17-18,20H,3-5,8-9,12-16H2,1-2H3,(H,26,31). The first-order valence-electron chi connectivity index (χ1n) is 12.3. The fraction of sp³-hybridized carbons (Fsp3) is 0.600. The van der Waals surface area contributed by atoms with Crippen molar-refractivity contribution < 1.29 is 23.9 Å². The number of rotatable bonds is 5. The predicted octanol–water partition coefficient (Wildman–Crippen LogP) is 1.42. The Bertz CT molecular complexity index is 912. The maximum Gasteiger partial charge on any atom is 0.312 e. The van der Waals surface area contributed by atoms with Crippen LogP contribution in [0.5, 0.6) is 5.75 Å². The number of ether oxygens (including phenoxy) is 1. The van der Waals surface area contributed by atoms with Crippen LogP contribution in [0.15, 0.2) is 24.3 Å². The molecule has 2 saturated heterocycles. The Labute approximate surface area is 200 Å². The highest BCUT2D eigenvalue weighted by Crippen LogP contribution is 2.23. The van der Waals surface area contributed by atoms with Crippen LogP contribution < -0.4 is 10.1 Å². The zero-order valence-electron chi connectivity index (χ0n) is 20.0. The summed E-state index contributed by atoms with van der Waals surface area (Å²) in [5, 5.41) is 2.71. The Balaban J connectivity index is 1.24. The second-order valence-corrected chi connectivity index (χ2v) is 9.58. The highest BCUT2D eigenvalue weighted by Gasteiger charge is 2.32. The third-order valence-electron chi connectivity index (χ3n) is 6.91. The minimum atomic E-state index is -0.555. The van der Waals surface area contributed by atoms with Crippen LogP contribution in [-0.2, 0) is 14.4 Å². The minimum Gasteiger partial charge on any atom is -0.484 e. The van der Waals surface area contributed by atoms with E-state index in [0.29, 0.717) is 37.5 Å². The van der Waals surface area contributed by atoms with E-state index >= 15 is 0 Å². The zero-order valence-corrected chi connectivity index (χ0v) is 20.0. The Morgan fingerprint density at radius 1 is 0.882 bits per heavy atom. The molecule has 4 rings (SSSR count). The monoisotopic (exact) mass is 470 g/mol. The van der Waals surface area contributed by atoms with E-state index in [-0.39, 0.29) is 36.5 Å². The van der Waals surface area contributed by atoms with Gasteiger partial charge in [0.05, 0.1) is 0 Å². The molecule has 9 nitrogen and oxygen atoms in total. The van der Waals surface area contributed by atoms with Crippen molar-refractivity contribution in [1.82, 2.24) is 20.0 Å². The van der Waals surface area contributed by atoms with Gasteiger partial charge in [-0.25, -0.2) is 0 Å². The number of amides is 4. The van der Waals surface area contributed by atoms with Crippen molar-refractivity contribution in [3.05, 3.63) is 29.8 Å². The summed E-state index contributed by atoms with van der Waals surface area (Å²) in [6.07, 6.45) is 5.03. The van der Waals surface area contributed by atoms with E-state index in [4.69, 9.17) is 4.74 Å². The predicted molar refractivity (Wildman–Crippen MR) is 125 cm³/mol. The van der Waals surface area contributed by atoms with Gasteiger partial charge in [-0.1, -0.05) is 0 Å². The molecule has 3 fully saturated rings. The molecule has 34 heavy (non-hydrogen) atoms. The molecule has 1 N–H and O–H groups in total. The van der Waals surface area contributed by atoms with Crippen molar-refractivity contribution in [3.63, 3.8) is 0 Å². The number of hydrogen-bond donors (Lipinski definition) is 1. The molecule has 1 aliphatic carbocycles. The molecule has 0 radical (unpaired) electrons. The maximum atomic E-state index is 12.9. The molecule has 2 atom stereocenters. The summed E-state index contributed by atoms with van der Waals surface area (Å²) in [6.45, 7) is 5.55. The largest absolute Gasteiger partial charge is 0.484 e. The number of benzene rings is 1. The number of nitrogens with one attached hydrogen (secondary N) is 1. The first kappa shape index (κ1) is 24.0. The number of nitrogens with zero attached hydrogens (tertiary/aromatic N) is 3. The lowest BCUT2D eigenvalue weighted by Gasteiger charge is -2.39. The van der Waals surface area contributed by atoms with Gasteiger partial charge in [-0.15, -0.1) is 0 Å². The van der Waals surface area contributed by atoms with E-state index in [0.717, 1.165) is 32.1 Å².